The Bertz CT molecular complexity index is 802. The molecular weight excluding hydrogens is 369 g/mol. The summed E-state index contributed by atoms with van der Waals surface area (Å²) in [6.45, 7) is 1.97. The summed E-state index contributed by atoms with van der Waals surface area (Å²) < 4.78 is 45.0. The molecule has 26 heavy (non-hydrogen) atoms. The highest BCUT2D eigenvalue weighted by atomic mass is 32.1. The number of halogens is 3. The lowest BCUT2D eigenvalue weighted by atomic mass is 10.0. The van der Waals surface area contributed by atoms with Crippen LogP contribution in [0.25, 0.3) is 0 Å². The van der Waals surface area contributed by atoms with Crippen molar-refractivity contribution in [1.82, 2.24) is 9.88 Å². The van der Waals surface area contributed by atoms with Gasteiger partial charge in [-0.3, -0.25) is 4.79 Å². The van der Waals surface area contributed by atoms with Gasteiger partial charge in [-0.05, 0) is 30.5 Å². The molecule has 2 aromatic rings. The topological polar surface area (TPSA) is 59.5 Å². The van der Waals surface area contributed by atoms with Gasteiger partial charge in [0.25, 0.3) is 5.91 Å². The van der Waals surface area contributed by atoms with Crippen LogP contribution >= 0.6 is 11.3 Å². The molecule has 0 spiro atoms. The van der Waals surface area contributed by atoms with Gasteiger partial charge in [0.15, 0.2) is 23.5 Å². The maximum Gasteiger partial charge on any atom is 0.333 e. The van der Waals surface area contributed by atoms with Gasteiger partial charge in [0.05, 0.1) is 18.3 Å². The van der Waals surface area contributed by atoms with Crippen molar-refractivity contribution in [1.29, 1.82) is 0 Å². The Morgan fingerprint density at radius 1 is 1.27 bits per heavy atom. The summed E-state index contributed by atoms with van der Waals surface area (Å²) in [4.78, 5) is 30.2. The fourth-order valence-corrected chi connectivity index (χ4v) is 3.39. The zero-order valence-electron chi connectivity index (χ0n) is 14.4. The van der Waals surface area contributed by atoms with Gasteiger partial charge in [-0.2, -0.15) is 0 Å². The second-order valence-electron chi connectivity index (χ2n) is 5.51. The van der Waals surface area contributed by atoms with E-state index < -0.39 is 35.4 Å². The third-order valence-corrected chi connectivity index (χ3v) is 4.73. The minimum Gasteiger partial charge on any atom is -0.467 e. The van der Waals surface area contributed by atoms with Gasteiger partial charge in [0, 0.05) is 7.05 Å². The van der Waals surface area contributed by atoms with Crippen LogP contribution in [0, 0.1) is 17.5 Å². The lowest BCUT2D eigenvalue weighted by Gasteiger charge is -2.26. The number of benzene rings is 1. The molecule has 1 atom stereocenters. The van der Waals surface area contributed by atoms with E-state index in [9.17, 15) is 22.8 Å². The summed E-state index contributed by atoms with van der Waals surface area (Å²) >= 11 is 1.17. The first kappa shape index (κ1) is 19.9. The largest absolute Gasteiger partial charge is 0.467 e. The molecule has 1 aromatic heterocycles. The Hall–Kier alpha value is -2.42. The lowest BCUT2D eigenvalue weighted by Crippen LogP contribution is -2.36. The molecule has 0 fully saturated rings. The highest BCUT2D eigenvalue weighted by Crippen LogP contribution is 2.27. The van der Waals surface area contributed by atoms with Crippen molar-refractivity contribution in [3.63, 3.8) is 0 Å². The van der Waals surface area contributed by atoms with Gasteiger partial charge >= 0.3 is 5.97 Å². The Labute approximate surface area is 152 Å². The smallest absolute Gasteiger partial charge is 0.333 e. The highest BCUT2D eigenvalue weighted by Gasteiger charge is 2.32. The zero-order chi connectivity index (χ0) is 19.4. The van der Waals surface area contributed by atoms with Gasteiger partial charge in [0.2, 0.25) is 0 Å². The van der Waals surface area contributed by atoms with E-state index >= 15 is 0 Å². The van der Waals surface area contributed by atoms with Crippen LogP contribution in [0.3, 0.4) is 0 Å². The van der Waals surface area contributed by atoms with Crippen molar-refractivity contribution >= 4 is 23.2 Å². The normalized spacial score (nSPS) is 11.9. The van der Waals surface area contributed by atoms with E-state index in [-0.39, 0.29) is 10.4 Å². The van der Waals surface area contributed by atoms with E-state index in [1.807, 2.05) is 6.92 Å². The van der Waals surface area contributed by atoms with Crippen LogP contribution in [0.1, 0.15) is 39.6 Å². The van der Waals surface area contributed by atoms with Crippen LogP contribution in [0.4, 0.5) is 13.2 Å². The maximum atomic E-state index is 13.6. The lowest BCUT2D eigenvalue weighted by molar-refractivity contribution is -0.145. The van der Waals surface area contributed by atoms with Crippen LogP contribution < -0.4 is 0 Å². The van der Waals surface area contributed by atoms with Crippen molar-refractivity contribution in [2.24, 2.45) is 0 Å². The molecule has 0 saturated heterocycles. The van der Waals surface area contributed by atoms with Crippen LogP contribution in [0.5, 0.6) is 0 Å². The number of ether oxygens (including phenoxy) is 1. The number of hydrogen-bond donors (Lipinski definition) is 0. The first-order chi connectivity index (χ1) is 12.3. The molecule has 5 nitrogen and oxygen atoms in total. The van der Waals surface area contributed by atoms with Gasteiger partial charge in [0.1, 0.15) is 4.88 Å². The fourth-order valence-electron chi connectivity index (χ4n) is 2.39. The number of thiazole rings is 1. The van der Waals surface area contributed by atoms with Crippen LogP contribution in [-0.4, -0.2) is 35.9 Å². The number of hydrogen-bond acceptors (Lipinski definition) is 5. The summed E-state index contributed by atoms with van der Waals surface area (Å²) in [5.41, 5.74) is -0.234. The number of carbonyl (C=O) groups is 2. The third-order valence-electron chi connectivity index (χ3n) is 3.68. The number of likely N-dealkylation sites (N-methyl/N-ethyl adjacent to an activating group) is 1. The molecule has 0 saturated carbocycles. The Morgan fingerprint density at radius 2 is 1.88 bits per heavy atom. The van der Waals surface area contributed by atoms with Crippen molar-refractivity contribution in [3.8, 4) is 0 Å². The van der Waals surface area contributed by atoms with Crippen molar-refractivity contribution in [2.45, 2.75) is 25.8 Å². The predicted octanol–water partition coefficient (Wildman–Crippen LogP) is 3.50. The molecule has 2 rings (SSSR count). The molecule has 0 aliphatic heterocycles. The Kier molecular flexibility index (Phi) is 6.36. The van der Waals surface area contributed by atoms with Crippen molar-refractivity contribution in [2.75, 3.05) is 14.2 Å². The van der Waals surface area contributed by atoms with Crippen molar-refractivity contribution < 1.29 is 27.5 Å². The van der Waals surface area contributed by atoms with Gasteiger partial charge in [-0.25, -0.2) is 22.9 Å². The van der Waals surface area contributed by atoms with Crippen LogP contribution in [0.2, 0.25) is 0 Å². The van der Waals surface area contributed by atoms with E-state index in [4.69, 9.17) is 0 Å². The molecule has 0 bridgehead atoms. The fraction of sp³-hybridized carbons (Fsp3) is 0.353. The number of nitrogens with zero attached hydrogens (tertiary/aromatic N) is 2. The number of methoxy groups -OCH3 is 1. The van der Waals surface area contributed by atoms with Crippen molar-refractivity contribution in [3.05, 3.63) is 51.2 Å². The van der Waals surface area contributed by atoms with Gasteiger partial charge < -0.3 is 9.64 Å². The molecular formula is C17H17F3N2O3S. The summed E-state index contributed by atoms with van der Waals surface area (Å²) in [5, 5.41) is 0.762. The van der Waals surface area contributed by atoms with E-state index in [1.54, 1.807) is 0 Å². The number of esters is 1. The molecule has 1 aromatic carbocycles. The quantitative estimate of drug-likeness (QED) is 0.563. The average Bonchev–Trinajstić information content (AvgIpc) is 3.07. The SMILES string of the molecule is CCCc1ncc(C(=O)N(C)[C@@H](C(=O)OC)c2cc(F)c(F)c(F)c2)s1. The minimum absolute atomic E-state index is 0.234. The Balaban J connectivity index is 2.39. The molecule has 0 N–H and O–H groups in total. The predicted molar refractivity (Wildman–Crippen MR) is 89.3 cm³/mol. The number of aryl methyl sites for hydroxylation is 1. The van der Waals surface area contributed by atoms with E-state index in [0.717, 1.165) is 23.4 Å². The number of carbonyl (C=O) groups excluding carboxylic acids is 2. The van der Waals surface area contributed by atoms with Gasteiger partial charge in [-0.15, -0.1) is 11.3 Å². The standard InChI is InChI=1S/C17H17F3N2O3S/c1-4-5-13-21-8-12(26-13)16(23)22(2)15(17(24)25-3)9-6-10(18)14(20)11(19)7-9/h6-8,15H,4-5H2,1-3H3/t15-/m1/s1. The molecule has 140 valence electrons. The average molecular weight is 386 g/mol. The first-order valence-corrected chi connectivity index (χ1v) is 8.55. The molecule has 1 amide bonds. The molecule has 0 aliphatic carbocycles. The van der Waals surface area contributed by atoms with E-state index in [2.05, 4.69) is 9.72 Å². The van der Waals surface area contributed by atoms with E-state index in [1.165, 1.54) is 24.6 Å². The number of aromatic nitrogens is 1. The second kappa shape index (κ2) is 8.31. The van der Waals surface area contributed by atoms with Crippen LogP contribution in [-0.2, 0) is 16.0 Å². The summed E-state index contributed by atoms with van der Waals surface area (Å²) in [7, 11) is 2.37. The first-order valence-electron chi connectivity index (χ1n) is 7.74. The molecule has 0 radical (unpaired) electrons. The molecule has 9 heteroatoms. The van der Waals surface area contributed by atoms with Crippen LogP contribution in [0.15, 0.2) is 18.3 Å². The molecule has 0 unspecified atom stereocenters. The number of amides is 1. The maximum absolute atomic E-state index is 13.6. The summed E-state index contributed by atoms with van der Waals surface area (Å²) in [6.07, 6.45) is 2.95. The molecule has 0 aliphatic rings. The molecule has 1 heterocycles. The minimum atomic E-state index is -1.65. The summed E-state index contributed by atoms with van der Waals surface area (Å²) in [5.74, 6) is -6.05. The Morgan fingerprint density at radius 3 is 2.42 bits per heavy atom. The highest BCUT2D eigenvalue weighted by molar-refractivity contribution is 7.13. The monoisotopic (exact) mass is 386 g/mol. The third kappa shape index (κ3) is 4.04. The number of rotatable bonds is 6. The van der Waals surface area contributed by atoms with E-state index in [0.29, 0.717) is 18.6 Å². The van der Waals surface area contributed by atoms with Gasteiger partial charge in [-0.1, -0.05) is 6.92 Å². The zero-order valence-corrected chi connectivity index (χ0v) is 15.2. The summed E-state index contributed by atoms with van der Waals surface area (Å²) in [6, 6.07) is -0.105. The second-order valence-corrected chi connectivity index (χ2v) is 6.62.